The lowest BCUT2D eigenvalue weighted by Gasteiger charge is -2.14. The molecule has 3 heteroatoms. The third-order valence-corrected chi connectivity index (χ3v) is 3.73. The Bertz CT molecular complexity index is 389. The Morgan fingerprint density at radius 2 is 1.94 bits per heavy atom. The largest absolute Gasteiger partial charge is 0.311 e. The van der Waals surface area contributed by atoms with E-state index in [1.165, 1.54) is 10.5 Å². The van der Waals surface area contributed by atoms with Crippen molar-refractivity contribution < 1.29 is 0 Å². The molecule has 1 aromatic rings. The van der Waals surface area contributed by atoms with Crippen LogP contribution in [0.15, 0.2) is 5.57 Å². The van der Waals surface area contributed by atoms with E-state index in [0.717, 1.165) is 17.2 Å². The van der Waals surface area contributed by atoms with Gasteiger partial charge < -0.3 is 5.32 Å². The summed E-state index contributed by atoms with van der Waals surface area (Å²) in [5.41, 5.74) is 2.60. The van der Waals surface area contributed by atoms with Crippen LogP contribution in [0.2, 0.25) is 0 Å². The lowest BCUT2D eigenvalue weighted by Crippen LogP contribution is -2.26. The van der Waals surface area contributed by atoms with E-state index in [2.05, 4.69) is 57.9 Å². The summed E-state index contributed by atoms with van der Waals surface area (Å²) >= 11 is 1.78. The van der Waals surface area contributed by atoms with Gasteiger partial charge in [-0.05, 0) is 25.8 Å². The van der Waals surface area contributed by atoms with Crippen molar-refractivity contribution in [1.29, 1.82) is 0 Å². The lowest BCUT2D eigenvalue weighted by atomic mass is 10.0. The van der Waals surface area contributed by atoms with Gasteiger partial charge in [-0.1, -0.05) is 33.3 Å². The maximum atomic E-state index is 4.47. The van der Waals surface area contributed by atoms with Gasteiger partial charge in [0.2, 0.25) is 0 Å². The van der Waals surface area contributed by atoms with E-state index in [1.54, 1.807) is 11.3 Å². The lowest BCUT2D eigenvalue weighted by molar-refractivity contribution is 0.593. The molecular weight excluding hydrogens is 228 g/mol. The number of hydrogen-bond donors (Lipinski definition) is 1. The molecule has 0 saturated carbocycles. The molecule has 2 nitrogen and oxygen atoms in total. The summed E-state index contributed by atoms with van der Waals surface area (Å²) in [5, 5.41) is 4.64. The molecule has 96 valence electrons. The maximum Gasteiger partial charge on any atom is 0.0903 e. The number of aromatic nitrogens is 1. The van der Waals surface area contributed by atoms with Crippen LogP contribution in [0, 0.1) is 19.8 Å². The molecule has 0 aliphatic heterocycles. The van der Waals surface area contributed by atoms with Crippen LogP contribution in [0.3, 0.4) is 0 Å². The molecule has 0 bridgehead atoms. The van der Waals surface area contributed by atoms with Gasteiger partial charge in [-0.15, -0.1) is 11.3 Å². The van der Waals surface area contributed by atoms with E-state index in [1.807, 2.05) is 0 Å². The van der Waals surface area contributed by atoms with Gasteiger partial charge in [-0.3, -0.25) is 0 Å². The molecular formula is C14H24N2S. The van der Waals surface area contributed by atoms with Crippen molar-refractivity contribution in [1.82, 2.24) is 10.3 Å². The summed E-state index contributed by atoms with van der Waals surface area (Å²) < 4.78 is 0. The first-order valence-corrected chi connectivity index (χ1v) is 7.09. The van der Waals surface area contributed by atoms with Crippen molar-refractivity contribution in [3.8, 4) is 0 Å². The van der Waals surface area contributed by atoms with E-state index in [9.17, 15) is 0 Å². The van der Waals surface area contributed by atoms with Crippen molar-refractivity contribution in [3.05, 3.63) is 21.2 Å². The summed E-state index contributed by atoms with van der Waals surface area (Å²) in [6.07, 6.45) is 2.31. The van der Waals surface area contributed by atoms with Gasteiger partial charge in [0.1, 0.15) is 0 Å². The molecule has 0 aliphatic carbocycles. The Labute approximate surface area is 109 Å². The molecule has 1 N–H and O–H groups in total. The summed E-state index contributed by atoms with van der Waals surface area (Å²) in [6, 6.07) is 0.529. The van der Waals surface area contributed by atoms with Gasteiger partial charge in [0.15, 0.2) is 0 Å². The second-order valence-electron chi connectivity index (χ2n) is 5.09. The molecule has 0 spiro atoms. The normalized spacial score (nSPS) is 12.8. The van der Waals surface area contributed by atoms with E-state index >= 15 is 0 Å². The molecule has 0 fully saturated rings. The highest BCUT2D eigenvalue weighted by atomic mass is 32.1. The van der Waals surface area contributed by atoms with Crippen molar-refractivity contribution in [2.45, 2.75) is 47.6 Å². The van der Waals surface area contributed by atoms with Crippen LogP contribution < -0.4 is 5.32 Å². The predicted molar refractivity (Wildman–Crippen MR) is 77.5 cm³/mol. The fraction of sp³-hybridized carbons (Fsp3) is 0.643. The zero-order valence-electron chi connectivity index (χ0n) is 11.8. The Morgan fingerprint density at radius 1 is 1.29 bits per heavy atom. The van der Waals surface area contributed by atoms with Crippen LogP contribution in [-0.4, -0.2) is 17.6 Å². The molecule has 0 radical (unpaired) electrons. The summed E-state index contributed by atoms with van der Waals surface area (Å²) in [5.74, 6) is 0.572. The van der Waals surface area contributed by atoms with Crippen molar-refractivity contribution in [2.24, 2.45) is 5.92 Å². The molecule has 1 heterocycles. The van der Waals surface area contributed by atoms with E-state index in [0.29, 0.717) is 12.0 Å². The number of nitrogens with zero attached hydrogens (tertiary/aromatic N) is 1. The first-order valence-electron chi connectivity index (χ1n) is 6.28. The monoisotopic (exact) mass is 252 g/mol. The number of hydrogen-bond acceptors (Lipinski definition) is 3. The molecule has 17 heavy (non-hydrogen) atoms. The van der Waals surface area contributed by atoms with Crippen LogP contribution >= 0.6 is 11.3 Å². The zero-order valence-corrected chi connectivity index (χ0v) is 12.6. The predicted octanol–water partition coefficient (Wildman–Crippen LogP) is 3.80. The topological polar surface area (TPSA) is 24.9 Å². The number of rotatable bonds is 5. The highest BCUT2D eigenvalue weighted by molar-refractivity contribution is 7.12. The van der Waals surface area contributed by atoms with Gasteiger partial charge >= 0.3 is 0 Å². The van der Waals surface area contributed by atoms with Gasteiger partial charge in [0, 0.05) is 12.6 Å². The van der Waals surface area contributed by atoms with Crippen LogP contribution in [-0.2, 0) is 0 Å². The molecule has 0 saturated heterocycles. The molecule has 0 amide bonds. The Kier molecular flexibility index (Phi) is 5.34. The smallest absolute Gasteiger partial charge is 0.0903 e. The fourth-order valence-corrected chi connectivity index (χ4v) is 2.50. The standard InChI is InChI=1S/C14H24N2S/c1-9(2)13(8-15-10(3)4)7-14-11(5)16-12(6)17-14/h7,9-10,15H,8H2,1-6H3. The van der Waals surface area contributed by atoms with Crippen LogP contribution in [0.1, 0.15) is 43.3 Å². The summed E-state index contributed by atoms with van der Waals surface area (Å²) in [7, 11) is 0. The summed E-state index contributed by atoms with van der Waals surface area (Å²) in [6.45, 7) is 14.0. The number of nitrogens with one attached hydrogen (secondary N) is 1. The van der Waals surface area contributed by atoms with Crippen molar-refractivity contribution >= 4 is 17.4 Å². The number of aryl methyl sites for hydroxylation is 2. The highest BCUT2D eigenvalue weighted by Gasteiger charge is 2.08. The van der Waals surface area contributed by atoms with Gasteiger partial charge in [-0.2, -0.15) is 0 Å². The average molecular weight is 252 g/mol. The summed E-state index contributed by atoms with van der Waals surface area (Å²) in [4.78, 5) is 5.77. The number of thiazole rings is 1. The van der Waals surface area contributed by atoms with E-state index in [-0.39, 0.29) is 0 Å². The Morgan fingerprint density at radius 3 is 2.35 bits per heavy atom. The van der Waals surface area contributed by atoms with Crippen molar-refractivity contribution in [2.75, 3.05) is 6.54 Å². The van der Waals surface area contributed by atoms with Gasteiger partial charge in [0.25, 0.3) is 0 Å². The third kappa shape index (κ3) is 4.60. The SMILES string of the molecule is Cc1nc(C)c(C=C(CNC(C)C)C(C)C)s1. The van der Waals surface area contributed by atoms with Crippen molar-refractivity contribution in [3.63, 3.8) is 0 Å². The molecule has 0 unspecified atom stereocenters. The Balaban J connectivity index is 2.86. The second kappa shape index (κ2) is 6.31. The third-order valence-electron chi connectivity index (χ3n) is 2.71. The molecule has 1 rings (SSSR count). The second-order valence-corrected chi connectivity index (χ2v) is 6.33. The maximum absolute atomic E-state index is 4.47. The van der Waals surface area contributed by atoms with Gasteiger partial charge in [-0.25, -0.2) is 4.98 Å². The van der Waals surface area contributed by atoms with Crippen LogP contribution in [0.4, 0.5) is 0 Å². The minimum atomic E-state index is 0.529. The van der Waals surface area contributed by atoms with E-state index < -0.39 is 0 Å². The molecule has 0 atom stereocenters. The minimum absolute atomic E-state index is 0.529. The Hall–Kier alpha value is -0.670. The minimum Gasteiger partial charge on any atom is -0.311 e. The van der Waals surface area contributed by atoms with E-state index in [4.69, 9.17) is 0 Å². The molecule has 0 aromatic carbocycles. The van der Waals surface area contributed by atoms with Gasteiger partial charge in [0.05, 0.1) is 15.6 Å². The first-order chi connectivity index (χ1) is 7.90. The quantitative estimate of drug-likeness (QED) is 0.862. The molecule has 0 aliphatic rings. The van der Waals surface area contributed by atoms with Crippen LogP contribution in [0.5, 0.6) is 0 Å². The molecule has 1 aromatic heterocycles. The fourth-order valence-electron chi connectivity index (χ4n) is 1.59. The van der Waals surface area contributed by atoms with Crippen LogP contribution in [0.25, 0.3) is 6.08 Å². The first kappa shape index (κ1) is 14.4. The zero-order chi connectivity index (χ0) is 13.0. The highest BCUT2D eigenvalue weighted by Crippen LogP contribution is 2.22. The average Bonchev–Trinajstić information content (AvgIpc) is 2.51.